The molecule has 72 valence electrons. The Morgan fingerprint density at radius 1 is 1.29 bits per heavy atom. The van der Waals surface area contributed by atoms with Gasteiger partial charge in [-0.1, -0.05) is 0 Å². The molecule has 0 fully saturated rings. The molecule has 3 nitrogen and oxygen atoms in total. The van der Waals surface area contributed by atoms with Crippen molar-refractivity contribution in [2.24, 2.45) is 0 Å². The number of hydrogen-bond acceptors (Lipinski definition) is 3. The Hall–Kier alpha value is -1.21. The van der Waals surface area contributed by atoms with Crippen LogP contribution in [0.2, 0.25) is 0 Å². The molecule has 0 atom stereocenters. The number of halogens is 1. The number of nitrogens with zero attached hydrogens (tertiary/aromatic N) is 1. The van der Waals surface area contributed by atoms with E-state index in [4.69, 9.17) is 14.7 Å². The minimum absolute atomic E-state index is 0.564. The minimum Gasteiger partial charge on any atom is -0.490 e. The summed E-state index contributed by atoms with van der Waals surface area (Å²) in [5.74, 6) is 1.34. The van der Waals surface area contributed by atoms with E-state index in [2.05, 4.69) is 22.0 Å². The fourth-order valence-corrected chi connectivity index (χ4v) is 1.82. The normalized spacial score (nSPS) is 14.3. The van der Waals surface area contributed by atoms with Crippen molar-refractivity contribution in [3.63, 3.8) is 0 Å². The third-order valence-corrected chi connectivity index (χ3v) is 2.76. The number of benzene rings is 1. The minimum atomic E-state index is 0.564. The van der Waals surface area contributed by atoms with Crippen molar-refractivity contribution in [2.45, 2.75) is 6.42 Å². The largest absolute Gasteiger partial charge is 0.490 e. The topological polar surface area (TPSA) is 42.2 Å². The molecule has 1 aliphatic heterocycles. The molecule has 0 unspecified atom stereocenters. The van der Waals surface area contributed by atoms with Crippen molar-refractivity contribution in [1.82, 2.24) is 0 Å². The molecule has 0 radical (unpaired) electrons. The number of fused-ring (bicyclic) bond motifs is 1. The van der Waals surface area contributed by atoms with Crippen molar-refractivity contribution in [2.75, 3.05) is 13.2 Å². The fraction of sp³-hybridized carbons (Fsp3) is 0.300. The molecular formula is C10H8BrNO2. The van der Waals surface area contributed by atoms with E-state index in [1.54, 1.807) is 12.1 Å². The van der Waals surface area contributed by atoms with Gasteiger partial charge in [0.25, 0.3) is 0 Å². The van der Waals surface area contributed by atoms with Gasteiger partial charge in [-0.3, -0.25) is 0 Å². The highest BCUT2D eigenvalue weighted by molar-refractivity contribution is 9.10. The van der Waals surface area contributed by atoms with Crippen LogP contribution in [0, 0.1) is 11.3 Å². The molecule has 1 aliphatic rings. The predicted molar refractivity (Wildman–Crippen MR) is 54.5 cm³/mol. The Morgan fingerprint density at radius 3 is 2.86 bits per heavy atom. The molecule has 0 saturated carbocycles. The lowest BCUT2D eigenvalue weighted by Crippen LogP contribution is -1.97. The van der Waals surface area contributed by atoms with Crippen LogP contribution in [0.15, 0.2) is 16.6 Å². The molecule has 4 heteroatoms. The molecule has 0 aromatic heterocycles. The van der Waals surface area contributed by atoms with Gasteiger partial charge in [0.15, 0.2) is 11.5 Å². The van der Waals surface area contributed by atoms with Gasteiger partial charge in [0.1, 0.15) is 6.07 Å². The highest BCUT2D eigenvalue weighted by atomic mass is 79.9. The van der Waals surface area contributed by atoms with E-state index < -0.39 is 0 Å². The first kappa shape index (κ1) is 9.35. The summed E-state index contributed by atoms with van der Waals surface area (Å²) < 4.78 is 11.6. The van der Waals surface area contributed by atoms with Gasteiger partial charge in [0, 0.05) is 6.42 Å². The summed E-state index contributed by atoms with van der Waals surface area (Å²) in [7, 11) is 0. The molecule has 0 saturated heterocycles. The highest BCUT2D eigenvalue weighted by Gasteiger charge is 2.16. The maximum Gasteiger partial charge on any atom is 0.176 e. The van der Waals surface area contributed by atoms with Gasteiger partial charge in [0.05, 0.1) is 23.2 Å². The molecule has 2 rings (SSSR count). The Kier molecular flexibility index (Phi) is 2.60. The summed E-state index contributed by atoms with van der Waals surface area (Å²) in [5, 5.41) is 8.81. The van der Waals surface area contributed by atoms with Gasteiger partial charge in [-0.2, -0.15) is 5.26 Å². The summed E-state index contributed by atoms with van der Waals surface area (Å²) in [5.41, 5.74) is 0.564. The van der Waals surface area contributed by atoms with Gasteiger partial charge in [-0.05, 0) is 28.1 Å². The number of hydrogen-bond donors (Lipinski definition) is 0. The summed E-state index contributed by atoms with van der Waals surface area (Å²) in [6, 6.07) is 5.57. The summed E-state index contributed by atoms with van der Waals surface area (Å²) >= 11 is 3.33. The SMILES string of the molecule is N#Cc1ccc2c(c1Br)OCCCO2. The van der Waals surface area contributed by atoms with Crippen LogP contribution < -0.4 is 9.47 Å². The zero-order valence-corrected chi connectivity index (χ0v) is 9.00. The molecule has 1 aromatic carbocycles. The third kappa shape index (κ3) is 1.55. The third-order valence-electron chi connectivity index (χ3n) is 1.97. The summed E-state index contributed by atoms with van der Waals surface area (Å²) in [6.45, 7) is 1.28. The molecule has 1 aromatic rings. The summed E-state index contributed by atoms with van der Waals surface area (Å²) in [4.78, 5) is 0. The molecule has 0 amide bonds. The van der Waals surface area contributed by atoms with E-state index in [0.717, 1.165) is 6.42 Å². The van der Waals surface area contributed by atoms with Crippen LogP contribution in [0.5, 0.6) is 11.5 Å². The number of nitriles is 1. The second kappa shape index (κ2) is 3.89. The smallest absolute Gasteiger partial charge is 0.176 e. The first-order valence-corrected chi connectivity index (χ1v) is 5.10. The number of rotatable bonds is 0. The Bertz CT molecular complexity index is 398. The lowest BCUT2D eigenvalue weighted by atomic mass is 10.2. The highest BCUT2D eigenvalue weighted by Crippen LogP contribution is 2.38. The van der Waals surface area contributed by atoms with E-state index in [1.165, 1.54) is 0 Å². The Labute approximate surface area is 90.4 Å². The monoisotopic (exact) mass is 253 g/mol. The van der Waals surface area contributed by atoms with Gasteiger partial charge >= 0.3 is 0 Å². The van der Waals surface area contributed by atoms with Crippen LogP contribution in [0.4, 0.5) is 0 Å². The molecule has 0 bridgehead atoms. The quantitative estimate of drug-likeness (QED) is 0.714. The lowest BCUT2D eigenvalue weighted by molar-refractivity contribution is 0.296. The van der Waals surface area contributed by atoms with Crippen molar-refractivity contribution in [1.29, 1.82) is 5.26 Å². The Balaban J connectivity index is 2.51. The van der Waals surface area contributed by atoms with Crippen molar-refractivity contribution in [3.8, 4) is 17.6 Å². The lowest BCUT2D eigenvalue weighted by Gasteiger charge is -2.09. The molecule has 1 heterocycles. The first-order valence-electron chi connectivity index (χ1n) is 4.31. The fourth-order valence-electron chi connectivity index (χ4n) is 1.29. The molecule has 14 heavy (non-hydrogen) atoms. The predicted octanol–water partition coefficient (Wildman–Crippen LogP) is 2.48. The maximum absolute atomic E-state index is 8.81. The molecule has 0 N–H and O–H groups in total. The van der Waals surface area contributed by atoms with Gasteiger partial charge in [-0.15, -0.1) is 0 Å². The standard InChI is InChI=1S/C10H8BrNO2/c11-9-7(6-12)2-3-8-10(9)14-5-1-4-13-8/h2-3H,1,4-5H2. The van der Waals surface area contributed by atoms with Gasteiger partial charge in [0.2, 0.25) is 0 Å². The van der Waals surface area contributed by atoms with Crippen LogP contribution in [-0.4, -0.2) is 13.2 Å². The van der Waals surface area contributed by atoms with Crippen molar-refractivity contribution >= 4 is 15.9 Å². The second-order valence-electron chi connectivity index (χ2n) is 2.92. The number of ether oxygens (including phenoxy) is 2. The molecule has 0 spiro atoms. The second-order valence-corrected chi connectivity index (χ2v) is 3.71. The van der Waals surface area contributed by atoms with E-state index in [1.807, 2.05) is 0 Å². The van der Waals surface area contributed by atoms with Crippen LogP contribution in [0.1, 0.15) is 12.0 Å². The van der Waals surface area contributed by atoms with Crippen LogP contribution >= 0.6 is 15.9 Å². The zero-order chi connectivity index (χ0) is 9.97. The average Bonchev–Trinajstić information content (AvgIpc) is 2.44. The van der Waals surface area contributed by atoms with E-state index in [0.29, 0.717) is 34.7 Å². The van der Waals surface area contributed by atoms with E-state index in [9.17, 15) is 0 Å². The Morgan fingerprint density at radius 2 is 2.07 bits per heavy atom. The first-order chi connectivity index (χ1) is 6.83. The van der Waals surface area contributed by atoms with E-state index in [-0.39, 0.29) is 0 Å². The van der Waals surface area contributed by atoms with Crippen LogP contribution in [0.3, 0.4) is 0 Å². The van der Waals surface area contributed by atoms with Crippen molar-refractivity contribution in [3.05, 3.63) is 22.2 Å². The summed E-state index contributed by atoms with van der Waals surface area (Å²) in [6.07, 6.45) is 0.864. The van der Waals surface area contributed by atoms with E-state index >= 15 is 0 Å². The van der Waals surface area contributed by atoms with Crippen molar-refractivity contribution < 1.29 is 9.47 Å². The van der Waals surface area contributed by atoms with Crippen LogP contribution in [-0.2, 0) is 0 Å². The maximum atomic E-state index is 8.81. The van der Waals surface area contributed by atoms with Gasteiger partial charge < -0.3 is 9.47 Å². The zero-order valence-electron chi connectivity index (χ0n) is 7.42. The van der Waals surface area contributed by atoms with Gasteiger partial charge in [-0.25, -0.2) is 0 Å². The average molecular weight is 254 g/mol. The van der Waals surface area contributed by atoms with Crippen LogP contribution in [0.25, 0.3) is 0 Å². The molecule has 0 aliphatic carbocycles. The molecular weight excluding hydrogens is 246 g/mol.